The van der Waals surface area contributed by atoms with Gasteiger partial charge in [-0.1, -0.05) is 19.8 Å². The molecule has 0 spiro atoms. The number of carboxylic acid groups (broad SMARTS) is 1. The lowest BCUT2D eigenvalue weighted by Crippen LogP contribution is -2.40. The van der Waals surface area contributed by atoms with E-state index in [1.165, 1.54) is 14.2 Å². The van der Waals surface area contributed by atoms with Gasteiger partial charge in [0.1, 0.15) is 17.5 Å². The number of unbranched alkanes of at least 4 members (excludes halogenated alkanes) is 2. The van der Waals surface area contributed by atoms with Gasteiger partial charge in [0.2, 0.25) is 5.91 Å². The summed E-state index contributed by atoms with van der Waals surface area (Å²) in [6.07, 6.45) is 2.79. The van der Waals surface area contributed by atoms with Crippen molar-refractivity contribution in [3.05, 3.63) is 18.2 Å². The highest BCUT2D eigenvalue weighted by atomic mass is 16.5. The number of hydrogen-bond donors (Lipinski definition) is 3. The van der Waals surface area contributed by atoms with Crippen LogP contribution in [0.2, 0.25) is 0 Å². The zero-order valence-electron chi connectivity index (χ0n) is 14.4. The third-order valence-corrected chi connectivity index (χ3v) is 3.54. The minimum absolute atomic E-state index is 0.165. The van der Waals surface area contributed by atoms with Crippen molar-refractivity contribution < 1.29 is 24.2 Å². The van der Waals surface area contributed by atoms with E-state index >= 15 is 0 Å². The molecule has 1 atom stereocenters. The van der Waals surface area contributed by atoms with Crippen LogP contribution in [-0.4, -0.2) is 43.8 Å². The molecular weight excluding hydrogens is 312 g/mol. The number of ether oxygens (including phenoxy) is 2. The van der Waals surface area contributed by atoms with Crippen LogP contribution in [0.4, 0.5) is 5.69 Å². The number of hydrogen-bond acceptors (Lipinski definition) is 5. The van der Waals surface area contributed by atoms with Crippen LogP contribution in [0.25, 0.3) is 0 Å². The highest BCUT2D eigenvalue weighted by Crippen LogP contribution is 2.29. The average Bonchev–Trinajstić information content (AvgIpc) is 2.57. The number of methoxy groups -OCH3 is 2. The highest BCUT2D eigenvalue weighted by molar-refractivity contribution is 5.95. The van der Waals surface area contributed by atoms with Gasteiger partial charge >= 0.3 is 5.97 Å². The Bertz CT molecular complexity index is 548. The van der Waals surface area contributed by atoms with E-state index in [-0.39, 0.29) is 6.42 Å². The van der Waals surface area contributed by atoms with Gasteiger partial charge in [0.15, 0.2) is 0 Å². The SMILES string of the molecule is CCCCCNC(CC(=O)Nc1cc(OC)ccc1OC)C(=O)O. The highest BCUT2D eigenvalue weighted by Gasteiger charge is 2.21. The van der Waals surface area contributed by atoms with Crippen molar-refractivity contribution >= 4 is 17.6 Å². The van der Waals surface area contributed by atoms with Crippen LogP contribution >= 0.6 is 0 Å². The van der Waals surface area contributed by atoms with Gasteiger partial charge in [0.25, 0.3) is 0 Å². The number of carbonyl (C=O) groups is 2. The number of carbonyl (C=O) groups excluding carboxylic acids is 1. The van der Waals surface area contributed by atoms with Crippen LogP contribution in [0.5, 0.6) is 11.5 Å². The average molecular weight is 338 g/mol. The molecule has 1 amide bonds. The number of rotatable bonds is 11. The molecule has 1 unspecified atom stereocenters. The molecule has 0 heterocycles. The Balaban J connectivity index is 2.66. The number of aliphatic carboxylic acids is 1. The monoisotopic (exact) mass is 338 g/mol. The maximum absolute atomic E-state index is 12.2. The Morgan fingerprint density at radius 2 is 1.96 bits per heavy atom. The molecule has 3 N–H and O–H groups in total. The lowest BCUT2D eigenvalue weighted by Gasteiger charge is -2.16. The van der Waals surface area contributed by atoms with Crippen molar-refractivity contribution in [2.75, 3.05) is 26.1 Å². The minimum atomic E-state index is -1.04. The Kier molecular flexibility index (Phi) is 8.64. The standard InChI is InChI=1S/C17H26N2O5/c1-4-5-6-9-18-14(17(21)22)11-16(20)19-13-10-12(23-2)7-8-15(13)24-3/h7-8,10,14,18H,4-6,9,11H2,1-3H3,(H,19,20)(H,21,22). The van der Waals surface area contributed by atoms with Gasteiger partial charge in [0.05, 0.1) is 26.3 Å². The number of carboxylic acids is 1. The molecule has 1 rings (SSSR count). The summed E-state index contributed by atoms with van der Waals surface area (Å²) in [5.74, 6) is -0.401. The van der Waals surface area contributed by atoms with Crippen molar-refractivity contribution in [1.29, 1.82) is 0 Å². The summed E-state index contributed by atoms with van der Waals surface area (Å²) in [6.45, 7) is 2.64. The van der Waals surface area contributed by atoms with Crippen LogP contribution in [0.3, 0.4) is 0 Å². The summed E-state index contributed by atoms with van der Waals surface area (Å²) in [6, 6.07) is 4.09. The van der Waals surface area contributed by atoms with Gasteiger partial charge in [-0.2, -0.15) is 0 Å². The normalized spacial score (nSPS) is 11.6. The first-order chi connectivity index (χ1) is 11.5. The van der Waals surface area contributed by atoms with Crippen LogP contribution in [-0.2, 0) is 9.59 Å². The number of nitrogens with one attached hydrogen (secondary N) is 2. The third-order valence-electron chi connectivity index (χ3n) is 3.54. The molecular formula is C17H26N2O5. The van der Waals surface area contributed by atoms with E-state index in [2.05, 4.69) is 17.6 Å². The fourth-order valence-corrected chi connectivity index (χ4v) is 2.20. The van der Waals surface area contributed by atoms with E-state index in [4.69, 9.17) is 9.47 Å². The summed E-state index contributed by atoms with van der Waals surface area (Å²) in [4.78, 5) is 23.5. The number of benzene rings is 1. The van der Waals surface area contributed by atoms with Gasteiger partial charge < -0.3 is 25.2 Å². The lowest BCUT2D eigenvalue weighted by atomic mass is 10.1. The lowest BCUT2D eigenvalue weighted by molar-refractivity contribution is -0.141. The summed E-state index contributed by atoms with van der Waals surface area (Å²) in [7, 11) is 3.01. The Morgan fingerprint density at radius 1 is 1.21 bits per heavy atom. The molecule has 0 aliphatic heterocycles. The van der Waals surface area contributed by atoms with Gasteiger partial charge in [-0.3, -0.25) is 9.59 Å². The first kappa shape index (κ1) is 19.8. The van der Waals surface area contributed by atoms with E-state index in [0.29, 0.717) is 23.7 Å². The van der Waals surface area contributed by atoms with Crippen molar-refractivity contribution in [1.82, 2.24) is 5.32 Å². The molecule has 0 saturated carbocycles. The molecule has 7 heteroatoms. The van der Waals surface area contributed by atoms with Gasteiger partial charge in [-0.15, -0.1) is 0 Å². The molecule has 134 valence electrons. The largest absolute Gasteiger partial charge is 0.497 e. The van der Waals surface area contributed by atoms with E-state index < -0.39 is 17.9 Å². The van der Waals surface area contributed by atoms with Crippen LogP contribution in [0.1, 0.15) is 32.6 Å². The van der Waals surface area contributed by atoms with E-state index in [1.807, 2.05) is 0 Å². The van der Waals surface area contributed by atoms with E-state index in [1.54, 1.807) is 18.2 Å². The predicted octanol–water partition coefficient (Wildman–Crippen LogP) is 2.27. The summed E-state index contributed by atoms with van der Waals surface area (Å²) < 4.78 is 10.3. The van der Waals surface area contributed by atoms with Crippen molar-refractivity contribution in [2.45, 2.75) is 38.6 Å². The van der Waals surface area contributed by atoms with Gasteiger partial charge in [-0.25, -0.2) is 0 Å². The Labute approximate surface area is 142 Å². The molecule has 0 fully saturated rings. The Morgan fingerprint density at radius 3 is 2.54 bits per heavy atom. The summed E-state index contributed by atoms with van der Waals surface area (Å²) >= 11 is 0. The molecule has 1 aromatic rings. The van der Waals surface area contributed by atoms with Crippen LogP contribution in [0, 0.1) is 0 Å². The molecule has 7 nitrogen and oxygen atoms in total. The Hall–Kier alpha value is -2.28. The molecule has 0 saturated heterocycles. The van der Waals surface area contributed by atoms with E-state index in [9.17, 15) is 14.7 Å². The van der Waals surface area contributed by atoms with Crippen molar-refractivity contribution in [2.24, 2.45) is 0 Å². The molecule has 0 bridgehead atoms. The fourth-order valence-electron chi connectivity index (χ4n) is 2.20. The van der Waals surface area contributed by atoms with E-state index in [0.717, 1.165) is 19.3 Å². The molecule has 0 radical (unpaired) electrons. The van der Waals surface area contributed by atoms with Gasteiger partial charge in [-0.05, 0) is 25.1 Å². The quantitative estimate of drug-likeness (QED) is 0.536. The number of amides is 1. The summed E-state index contributed by atoms with van der Waals surface area (Å²) in [5, 5.41) is 14.8. The summed E-state index contributed by atoms with van der Waals surface area (Å²) in [5.41, 5.74) is 0.442. The third kappa shape index (κ3) is 6.45. The smallest absolute Gasteiger partial charge is 0.321 e. The molecule has 0 aliphatic rings. The number of anilines is 1. The molecule has 0 aliphatic carbocycles. The van der Waals surface area contributed by atoms with Crippen molar-refractivity contribution in [3.63, 3.8) is 0 Å². The predicted molar refractivity (Wildman–Crippen MR) is 91.7 cm³/mol. The molecule has 1 aromatic carbocycles. The van der Waals surface area contributed by atoms with Crippen LogP contribution < -0.4 is 20.1 Å². The molecule has 24 heavy (non-hydrogen) atoms. The van der Waals surface area contributed by atoms with Gasteiger partial charge in [0, 0.05) is 6.07 Å². The maximum atomic E-state index is 12.2. The zero-order valence-corrected chi connectivity index (χ0v) is 14.4. The zero-order chi connectivity index (χ0) is 17.9. The first-order valence-electron chi connectivity index (χ1n) is 7.99. The second kappa shape index (κ2) is 10.5. The minimum Gasteiger partial charge on any atom is -0.497 e. The molecule has 0 aromatic heterocycles. The maximum Gasteiger partial charge on any atom is 0.321 e. The second-order valence-corrected chi connectivity index (χ2v) is 5.37. The van der Waals surface area contributed by atoms with Crippen molar-refractivity contribution in [3.8, 4) is 11.5 Å². The first-order valence-corrected chi connectivity index (χ1v) is 7.99. The topological polar surface area (TPSA) is 96.9 Å². The second-order valence-electron chi connectivity index (χ2n) is 5.37. The fraction of sp³-hybridized carbons (Fsp3) is 0.529. The van der Waals surface area contributed by atoms with Crippen LogP contribution in [0.15, 0.2) is 18.2 Å².